The molecule has 0 bridgehead atoms. The second kappa shape index (κ2) is 7.19. The molecular formula is C21H20N2OS. The fraction of sp³-hybridized carbons (Fsp3) is 0.238. The molecule has 0 aliphatic carbocycles. The van der Waals surface area contributed by atoms with Crippen LogP contribution in [0.1, 0.15) is 34.1 Å². The van der Waals surface area contributed by atoms with Gasteiger partial charge in [-0.3, -0.25) is 4.79 Å². The molecule has 0 atom stereocenters. The lowest BCUT2D eigenvalue weighted by Crippen LogP contribution is -2.37. The van der Waals surface area contributed by atoms with Gasteiger partial charge in [0.2, 0.25) is 0 Å². The number of thiazole rings is 1. The lowest BCUT2D eigenvalue weighted by Gasteiger charge is -2.31. The van der Waals surface area contributed by atoms with Crippen LogP contribution in [-0.4, -0.2) is 28.9 Å². The second-order valence-electron chi connectivity index (χ2n) is 6.38. The van der Waals surface area contributed by atoms with Crippen molar-refractivity contribution in [3.05, 3.63) is 76.7 Å². The highest BCUT2D eigenvalue weighted by Gasteiger charge is 2.25. The van der Waals surface area contributed by atoms with Crippen LogP contribution in [0.15, 0.2) is 66.2 Å². The van der Waals surface area contributed by atoms with Gasteiger partial charge in [0, 0.05) is 36.1 Å². The van der Waals surface area contributed by atoms with Crippen LogP contribution in [0.2, 0.25) is 0 Å². The van der Waals surface area contributed by atoms with E-state index in [-0.39, 0.29) is 5.91 Å². The average molecular weight is 348 g/mol. The van der Waals surface area contributed by atoms with Gasteiger partial charge >= 0.3 is 0 Å². The number of carbonyl (C=O) groups excluding carboxylic acids is 1. The molecule has 1 saturated heterocycles. The van der Waals surface area contributed by atoms with Crippen LogP contribution in [0, 0.1) is 0 Å². The molecule has 0 N–H and O–H groups in total. The normalized spacial score (nSPS) is 15.3. The first-order valence-electron chi connectivity index (χ1n) is 8.65. The molecule has 4 rings (SSSR count). The van der Waals surface area contributed by atoms with Crippen LogP contribution in [0.3, 0.4) is 0 Å². The van der Waals surface area contributed by atoms with E-state index in [4.69, 9.17) is 0 Å². The number of rotatable bonds is 3. The average Bonchev–Trinajstić information content (AvgIpc) is 3.23. The first kappa shape index (κ1) is 16.0. The van der Waals surface area contributed by atoms with Gasteiger partial charge < -0.3 is 4.90 Å². The van der Waals surface area contributed by atoms with Crippen LogP contribution < -0.4 is 0 Å². The topological polar surface area (TPSA) is 33.2 Å². The zero-order chi connectivity index (χ0) is 17.1. The SMILES string of the molecule is O=C(c1cccc(-c2ccccc2)c1)N1CCC(c2nccs2)CC1. The van der Waals surface area contributed by atoms with Gasteiger partial charge in [-0.25, -0.2) is 4.98 Å². The van der Waals surface area contributed by atoms with E-state index in [1.807, 2.05) is 52.9 Å². The maximum atomic E-state index is 12.9. The molecule has 4 heteroatoms. The van der Waals surface area contributed by atoms with Gasteiger partial charge in [-0.2, -0.15) is 0 Å². The van der Waals surface area contributed by atoms with Crippen molar-refractivity contribution in [1.82, 2.24) is 9.88 Å². The van der Waals surface area contributed by atoms with E-state index < -0.39 is 0 Å². The summed E-state index contributed by atoms with van der Waals surface area (Å²) < 4.78 is 0. The van der Waals surface area contributed by atoms with Crippen LogP contribution in [0.4, 0.5) is 0 Å². The largest absolute Gasteiger partial charge is 0.339 e. The van der Waals surface area contributed by atoms with Crippen molar-refractivity contribution in [2.45, 2.75) is 18.8 Å². The molecule has 1 aromatic heterocycles. The molecule has 0 saturated carbocycles. The minimum Gasteiger partial charge on any atom is -0.339 e. The third-order valence-corrected chi connectivity index (χ3v) is 5.74. The Morgan fingerprint density at radius 1 is 1.00 bits per heavy atom. The quantitative estimate of drug-likeness (QED) is 0.679. The first-order valence-corrected chi connectivity index (χ1v) is 9.53. The summed E-state index contributed by atoms with van der Waals surface area (Å²) in [5.74, 6) is 0.634. The molecule has 25 heavy (non-hydrogen) atoms. The van der Waals surface area contributed by atoms with Gasteiger partial charge in [-0.05, 0) is 36.1 Å². The Bertz CT molecular complexity index is 837. The molecule has 3 aromatic rings. The minimum absolute atomic E-state index is 0.135. The van der Waals surface area contributed by atoms with E-state index >= 15 is 0 Å². The van der Waals surface area contributed by atoms with Crippen LogP contribution >= 0.6 is 11.3 Å². The Balaban J connectivity index is 1.47. The molecule has 1 fully saturated rings. The molecule has 2 aromatic carbocycles. The summed E-state index contributed by atoms with van der Waals surface area (Å²) in [4.78, 5) is 19.3. The van der Waals surface area contributed by atoms with E-state index in [0.29, 0.717) is 5.92 Å². The smallest absolute Gasteiger partial charge is 0.253 e. The zero-order valence-corrected chi connectivity index (χ0v) is 14.8. The van der Waals surface area contributed by atoms with Gasteiger partial charge in [-0.15, -0.1) is 11.3 Å². The third-order valence-electron chi connectivity index (χ3n) is 4.80. The Morgan fingerprint density at radius 2 is 1.76 bits per heavy atom. The third kappa shape index (κ3) is 3.49. The van der Waals surface area contributed by atoms with Crippen molar-refractivity contribution in [2.24, 2.45) is 0 Å². The number of amides is 1. The Morgan fingerprint density at radius 3 is 2.48 bits per heavy atom. The van der Waals surface area contributed by atoms with Gasteiger partial charge in [0.15, 0.2) is 0 Å². The minimum atomic E-state index is 0.135. The number of likely N-dealkylation sites (tertiary alicyclic amines) is 1. The summed E-state index contributed by atoms with van der Waals surface area (Å²) >= 11 is 1.72. The Kier molecular flexibility index (Phi) is 4.61. The number of benzene rings is 2. The summed E-state index contributed by atoms with van der Waals surface area (Å²) in [5, 5.41) is 3.24. The number of nitrogens with zero attached hydrogens (tertiary/aromatic N) is 2. The van der Waals surface area contributed by atoms with E-state index in [0.717, 1.165) is 42.6 Å². The van der Waals surface area contributed by atoms with Crippen molar-refractivity contribution >= 4 is 17.2 Å². The number of piperidine rings is 1. The van der Waals surface area contributed by atoms with Gasteiger partial charge in [0.05, 0.1) is 5.01 Å². The molecular weight excluding hydrogens is 328 g/mol. The van der Waals surface area contributed by atoms with Gasteiger partial charge in [0.1, 0.15) is 0 Å². The van der Waals surface area contributed by atoms with E-state index in [2.05, 4.69) is 23.2 Å². The lowest BCUT2D eigenvalue weighted by atomic mass is 9.96. The summed E-state index contributed by atoms with van der Waals surface area (Å²) in [6, 6.07) is 18.1. The van der Waals surface area contributed by atoms with Crippen molar-refractivity contribution in [1.29, 1.82) is 0 Å². The highest BCUT2D eigenvalue weighted by atomic mass is 32.1. The first-order chi connectivity index (χ1) is 12.3. The lowest BCUT2D eigenvalue weighted by molar-refractivity contribution is 0.0713. The zero-order valence-electron chi connectivity index (χ0n) is 14.0. The maximum Gasteiger partial charge on any atom is 0.253 e. The summed E-state index contributed by atoms with van der Waals surface area (Å²) in [5.41, 5.74) is 3.00. The monoisotopic (exact) mass is 348 g/mol. The van der Waals surface area contributed by atoms with E-state index in [9.17, 15) is 4.79 Å². The van der Waals surface area contributed by atoms with Crippen LogP contribution in [0.5, 0.6) is 0 Å². The fourth-order valence-corrected chi connectivity index (χ4v) is 4.22. The summed E-state index contributed by atoms with van der Waals surface area (Å²) in [6.07, 6.45) is 3.86. The highest BCUT2D eigenvalue weighted by Crippen LogP contribution is 2.30. The Labute approximate surface area is 152 Å². The fourth-order valence-electron chi connectivity index (χ4n) is 3.41. The molecule has 126 valence electrons. The molecule has 2 heterocycles. The highest BCUT2D eigenvalue weighted by molar-refractivity contribution is 7.09. The molecule has 1 aliphatic heterocycles. The number of aromatic nitrogens is 1. The maximum absolute atomic E-state index is 12.9. The molecule has 0 spiro atoms. The Hall–Kier alpha value is -2.46. The summed E-state index contributed by atoms with van der Waals surface area (Å²) in [7, 11) is 0. The predicted molar refractivity (Wildman–Crippen MR) is 102 cm³/mol. The number of hydrogen-bond acceptors (Lipinski definition) is 3. The second-order valence-corrected chi connectivity index (χ2v) is 7.31. The molecule has 0 radical (unpaired) electrons. The van der Waals surface area contributed by atoms with Gasteiger partial charge in [-0.1, -0.05) is 42.5 Å². The summed E-state index contributed by atoms with van der Waals surface area (Å²) in [6.45, 7) is 1.61. The van der Waals surface area contributed by atoms with Crippen LogP contribution in [-0.2, 0) is 0 Å². The molecule has 1 aliphatic rings. The van der Waals surface area contributed by atoms with E-state index in [1.54, 1.807) is 11.3 Å². The predicted octanol–water partition coefficient (Wildman–Crippen LogP) is 4.83. The van der Waals surface area contributed by atoms with Gasteiger partial charge in [0.25, 0.3) is 5.91 Å². The van der Waals surface area contributed by atoms with Crippen LogP contribution in [0.25, 0.3) is 11.1 Å². The molecule has 0 unspecified atom stereocenters. The number of carbonyl (C=O) groups is 1. The van der Waals surface area contributed by atoms with Crippen molar-refractivity contribution in [2.75, 3.05) is 13.1 Å². The van der Waals surface area contributed by atoms with Crippen molar-refractivity contribution in [3.8, 4) is 11.1 Å². The number of hydrogen-bond donors (Lipinski definition) is 0. The van der Waals surface area contributed by atoms with Crippen molar-refractivity contribution < 1.29 is 4.79 Å². The van der Waals surface area contributed by atoms with E-state index in [1.165, 1.54) is 5.01 Å². The molecule has 3 nitrogen and oxygen atoms in total. The molecule has 1 amide bonds. The standard InChI is InChI=1S/C21H20N2OS/c24-21(23-12-9-17(10-13-23)20-22-11-14-25-20)19-8-4-7-18(15-19)16-5-2-1-3-6-16/h1-8,11,14-15,17H,9-10,12-13H2. The van der Waals surface area contributed by atoms with Crippen molar-refractivity contribution in [3.63, 3.8) is 0 Å².